The summed E-state index contributed by atoms with van der Waals surface area (Å²) in [4.78, 5) is 24.6. The maximum atomic E-state index is 12.6. The van der Waals surface area contributed by atoms with Gasteiger partial charge >= 0.3 is 0 Å². The number of rotatable bonds is 3. The van der Waals surface area contributed by atoms with Crippen LogP contribution in [0.3, 0.4) is 0 Å². The topological polar surface area (TPSA) is 46.1 Å². The van der Waals surface area contributed by atoms with Gasteiger partial charge in [0.1, 0.15) is 0 Å². The van der Waals surface area contributed by atoms with E-state index in [0.717, 1.165) is 47.9 Å². The summed E-state index contributed by atoms with van der Waals surface area (Å²) in [5.74, 6) is 1.15. The van der Waals surface area contributed by atoms with Crippen LogP contribution in [0.25, 0.3) is 11.4 Å². The third-order valence-electron chi connectivity index (χ3n) is 4.57. The summed E-state index contributed by atoms with van der Waals surface area (Å²) in [7, 11) is 0. The minimum atomic E-state index is 0.136. The fourth-order valence-electron chi connectivity index (χ4n) is 3.29. The van der Waals surface area contributed by atoms with Crippen LogP contribution in [0.5, 0.6) is 0 Å². The Balaban J connectivity index is 1.55. The fourth-order valence-corrected chi connectivity index (χ4v) is 3.98. The number of carbonyl (C=O) groups is 1. The Morgan fingerprint density at radius 2 is 2.00 bits per heavy atom. The van der Waals surface area contributed by atoms with Gasteiger partial charge in [0, 0.05) is 36.5 Å². The lowest BCUT2D eigenvalue weighted by atomic mass is 9.94. The lowest BCUT2D eigenvalue weighted by molar-refractivity contribution is 0.0711. The molecule has 0 bridgehead atoms. The molecular weight excluding hydrogens is 330 g/mol. The van der Waals surface area contributed by atoms with E-state index in [-0.39, 0.29) is 11.8 Å². The molecule has 0 aliphatic carbocycles. The fraction of sp³-hybridized carbons (Fsp3) is 0.250. The minimum absolute atomic E-state index is 0.136. The number of hydrogen-bond donors (Lipinski definition) is 0. The Hall–Kier alpha value is -2.53. The van der Waals surface area contributed by atoms with E-state index in [1.807, 2.05) is 65.0 Å². The number of nitrogens with zero attached hydrogens (tertiary/aromatic N) is 3. The molecule has 1 aliphatic rings. The smallest absolute Gasteiger partial charge is 0.263 e. The largest absolute Gasteiger partial charge is 0.337 e. The zero-order chi connectivity index (χ0) is 17.1. The molecule has 0 unspecified atom stereocenters. The molecule has 0 radical (unpaired) electrons. The van der Waals surface area contributed by atoms with E-state index in [4.69, 9.17) is 4.98 Å². The molecule has 3 heterocycles. The second kappa shape index (κ2) is 7.15. The number of likely N-dealkylation sites (tertiary alicyclic amines) is 1. The maximum absolute atomic E-state index is 12.6. The summed E-state index contributed by atoms with van der Waals surface area (Å²) in [6.07, 6.45) is 3.89. The van der Waals surface area contributed by atoms with E-state index in [0.29, 0.717) is 0 Å². The van der Waals surface area contributed by atoms with Crippen molar-refractivity contribution in [3.63, 3.8) is 0 Å². The van der Waals surface area contributed by atoms with Crippen LogP contribution in [0, 0.1) is 0 Å². The summed E-state index contributed by atoms with van der Waals surface area (Å²) < 4.78 is 0. The predicted octanol–water partition coefficient (Wildman–Crippen LogP) is 4.22. The summed E-state index contributed by atoms with van der Waals surface area (Å²) in [6.45, 7) is 1.55. The highest BCUT2D eigenvalue weighted by Gasteiger charge is 2.27. The van der Waals surface area contributed by atoms with Gasteiger partial charge in [0.15, 0.2) is 5.82 Å². The summed E-state index contributed by atoms with van der Waals surface area (Å²) in [5.41, 5.74) is 2.05. The van der Waals surface area contributed by atoms with Gasteiger partial charge < -0.3 is 4.90 Å². The van der Waals surface area contributed by atoms with Gasteiger partial charge in [-0.3, -0.25) is 4.79 Å². The third kappa shape index (κ3) is 3.46. The highest BCUT2D eigenvalue weighted by atomic mass is 32.1. The first kappa shape index (κ1) is 16.0. The lowest BCUT2D eigenvalue weighted by Gasteiger charge is -2.32. The molecule has 1 fully saturated rings. The average molecular weight is 349 g/mol. The van der Waals surface area contributed by atoms with E-state index in [9.17, 15) is 4.79 Å². The SMILES string of the molecule is O=C(c1cccs1)N1CCC[C@@H](c2ccnc(-c3ccccc3)n2)C1. The molecule has 0 saturated carbocycles. The number of piperidine rings is 1. The van der Waals surface area contributed by atoms with Crippen molar-refractivity contribution in [2.75, 3.05) is 13.1 Å². The van der Waals surface area contributed by atoms with Gasteiger partial charge in [0.05, 0.1) is 4.88 Å². The van der Waals surface area contributed by atoms with Crippen LogP contribution in [0.4, 0.5) is 0 Å². The molecule has 0 spiro atoms. The molecule has 0 N–H and O–H groups in total. The molecule has 4 rings (SSSR count). The van der Waals surface area contributed by atoms with Gasteiger partial charge in [-0.15, -0.1) is 11.3 Å². The molecule has 3 aromatic rings. The summed E-state index contributed by atoms with van der Waals surface area (Å²) >= 11 is 1.50. The lowest BCUT2D eigenvalue weighted by Crippen LogP contribution is -2.39. The van der Waals surface area contributed by atoms with Crippen LogP contribution in [-0.4, -0.2) is 33.9 Å². The van der Waals surface area contributed by atoms with Gasteiger partial charge in [-0.2, -0.15) is 0 Å². The molecular formula is C20H19N3OS. The van der Waals surface area contributed by atoms with E-state index in [1.165, 1.54) is 11.3 Å². The molecule has 1 aromatic carbocycles. The van der Waals surface area contributed by atoms with Crippen LogP contribution in [0.15, 0.2) is 60.1 Å². The highest BCUT2D eigenvalue weighted by Crippen LogP contribution is 2.28. The molecule has 1 saturated heterocycles. The highest BCUT2D eigenvalue weighted by molar-refractivity contribution is 7.12. The number of thiophene rings is 1. The molecule has 1 aliphatic heterocycles. The Morgan fingerprint density at radius 1 is 1.12 bits per heavy atom. The van der Waals surface area contributed by atoms with E-state index < -0.39 is 0 Å². The van der Waals surface area contributed by atoms with E-state index in [2.05, 4.69) is 4.98 Å². The van der Waals surface area contributed by atoms with Crippen molar-refractivity contribution in [2.24, 2.45) is 0 Å². The Kier molecular flexibility index (Phi) is 4.57. The number of carbonyl (C=O) groups excluding carboxylic acids is 1. The number of benzene rings is 1. The van der Waals surface area contributed by atoms with Crippen LogP contribution >= 0.6 is 11.3 Å². The molecule has 1 atom stereocenters. The molecule has 2 aromatic heterocycles. The Labute approximate surface area is 151 Å². The summed E-state index contributed by atoms with van der Waals surface area (Å²) in [6, 6.07) is 15.8. The van der Waals surface area contributed by atoms with Crippen molar-refractivity contribution in [1.29, 1.82) is 0 Å². The predicted molar refractivity (Wildman–Crippen MR) is 99.7 cm³/mol. The van der Waals surface area contributed by atoms with Crippen LogP contribution in [0.1, 0.15) is 34.1 Å². The van der Waals surface area contributed by atoms with Crippen molar-refractivity contribution in [1.82, 2.24) is 14.9 Å². The normalized spacial score (nSPS) is 17.4. The van der Waals surface area contributed by atoms with Gasteiger partial charge in [0.2, 0.25) is 0 Å². The van der Waals surface area contributed by atoms with Crippen LogP contribution in [-0.2, 0) is 0 Å². The van der Waals surface area contributed by atoms with Crippen molar-refractivity contribution in [3.8, 4) is 11.4 Å². The maximum Gasteiger partial charge on any atom is 0.263 e. The van der Waals surface area contributed by atoms with Gasteiger partial charge in [0.25, 0.3) is 5.91 Å². The Morgan fingerprint density at radius 3 is 2.80 bits per heavy atom. The van der Waals surface area contributed by atoms with Gasteiger partial charge in [-0.1, -0.05) is 36.4 Å². The number of hydrogen-bond acceptors (Lipinski definition) is 4. The zero-order valence-corrected chi connectivity index (χ0v) is 14.7. The van der Waals surface area contributed by atoms with E-state index >= 15 is 0 Å². The first-order valence-electron chi connectivity index (χ1n) is 8.52. The zero-order valence-electron chi connectivity index (χ0n) is 13.8. The second-order valence-corrected chi connectivity index (χ2v) is 7.19. The molecule has 25 heavy (non-hydrogen) atoms. The molecule has 1 amide bonds. The minimum Gasteiger partial charge on any atom is -0.337 e. The quantitative estimate of drug-likeness (QED) is 0.711. The van der Waals surface area contributed by atoms with Crippen molar-refractivity contribution >= 4 is 17.2 Å². The second-order valence-electron chi connectivity index (χ2n) is 6.24. The van der Waals surface area contributed by atoms with Crippen LogP contribution in [0.2, 0.25) is 0 Å². The van der Waals surface area contributed by atoms with Crippen molar-refractivity contribution < 1.29 is 4.79 Å². The van der Waals surface area contributed by atoms with Gasteiger partial charge in [-0.05, 0) is 30.4 Å². The standard InChI is InChI=1S/C20H19N3OS/c24-20(18-9-5-13-25-18)23-12-4-8-16(14-23)17-10-11-21-19(22-17)15-6-2-1-3-7-15/h1-3,5-7,9-11,13,16H,4,8,12,14H2/t16-/m1/s1. The van der Waals surface area contributed by atoms with Crippen molar-refractivity contribution in [2.45, 2.75) is 18.8 Å². The van der Waals surface area contributed by atoms with E-state index in [1.54, 1.807) is 0 Å². The average Bonchev–Trinajstić information content (AvgIpc) is 3.23. The Bertz CT molecular complexity index is 848. The monoisotopic (exact) mass is 349 g/mol. The van der Waals surface area contributed by atoms with Gasteiger partial charge in [-0.25, -0.2) is 9.97 Å². The molecule has 5 heteroatoms. The van der Waals surface area contributed by atoms with Crippen LogP contribution < -0.4 is 0 Å². The molecule has 4 nitrogen and oxygen atoms in total. The van der Waals surface area contributed by atoms with Crippen molar-refractivity contribution in [3.05, 3.63) is 70.7 Å². The number of aromatic nitrogens is 2. The number of amides is 1. The third-order valence-corrected chi connectivity index (χ3v) is 5.43. The summed E-state index contributed by atoms with van der Waals surface area (Å²) in [5, 5.41) is 1.95. The first-order valence-corrected chi connectivity index (χ1v) is 9.40. The first-order chi connectivity index (χ1) is 12.3. The molecule has 126 valence electrons.